The number of carbonyl (C=O) groups is 2. The molecule has 5 heteroatoms. The quantitative estimate of drug-likeness (QED) is 0.675. The summed E-state index contributed by atoms with van der Waals surface area (Å²) in [6, 6.07) is -0.0350. The zero-order valence-electron chi connectivity index (χ0n) is 12.2. The molecule has 0 saturated carbocycles. The minimum atomic E-state index is -0.0350. The van der Waals surface area contributed by atoms with E-state index in [4.69, 9.17) is 0 Å². The predicted molar refractivity (Wildman–Crippen MR) is 75.8 cm³/mol. The second-order valence-corrected chi connectivity index (χ2v) is 4.96. The van der Waals surface area contributed by atoms with Gasteiger partial charge in [-0.15, -0.1) is 0 Å². The van der Waals surface area contributed by atoms with Crippen molar-refractivity contribution in [1.82, 2.24) is 15.5 Å². The molecule has 1 saturated heterocycles. The molecule has 110 valence electrons. The molecule has 1 rings (SSSR count). The van der Waals surface area contributed by atoms with Crippen molar-refractivity contribution in [2.24, 2.45) is 0 Å². The van der Waals surface area contributed by atoms with E-state index >= 15 is 0 Å². The second-order valence-electron chi connectivity index (χ2n) is 4.96. The predicted octanol–water partition coefficient (Wildman–Crippen LogP) is 0.893. The Hall–Kier alpha value is -1.10. The fourth-order valence-corrected chi connectivity index (χ4v) is 2.38. The first-order valence-corrected chi connectivity index (χ1v) is 7.47. The van der Waals surface area contributed by atoms with Crippen LogP contribution in [0.2, 0.25) is 0 Å². The summed E-state index contributed by atoms with van der Waals surface area (Å²) in [6.45, 7) is 7.00. The monoisotopic (exact) mass is 269 g/mol. The van der Waals surface area contributed by atoms with Gasteiger partial charge in [0.2, 0.25) is 11.8 Å². The smallest absolute Gasteiger partial charge is 0.237 e. The largest absolute Gasteiger partial charge is 0.355 e. The number of piperidine rings is 1. The van der Waals surface area contributed by atoms with Gasteiger partial charge >= 0.3 is 0 Å². The van der Waals surface area contributed by atoms with Crippen LogP contribution in [-0.4, -0.2) is 48.9 Å². The fraction of sp³-hybridized carbons (Fsp3) is 0.857. The van der Waals surface area contributed by atoms with Gasteiger partial charge < -0.3 is 15.5 Å². The van der Waals surface area contributed by atoms with Crippen molar-refractivity contribution in [3.8, 4) is 0 Å². The lowest BCUT2D eigenvalue weighted by Crippen LogP contribution is -2.46. The Morgan fingerprint density at radius 3 is 2.58 bits per heavy atom. The van der Waals surface area contributed by atoms with E-state index in [2.05, 4.69) is 10.6 Å². The van der Waals surface area contributed by atoms with E-state index in [1.54, 1.807) is 0 Å². The SMILES string of the molecule is CCN(CC)C(=O)CCCNC(=O)C1CCCCN1. The van der Waals surface area contributed by atoms with Crippen LogP contribution in [0.5, 0.6) is 0 Å². The van der Waals surface area contributed by atoms with Crippen molar-refractivity contribution in [2.45, 2.75) is 52.0 Å². The molecule has 0 spiro atoms. The molecule has 0 aromatic carbocycles. The minimum Gasteiger partial charge on any atom is -0.355 e. The standard InChI is InChI=1S/C14H27N3O2/c1-3-17(4-2)13(18)9-7-11-16-14(19)12-8-5-6-10-15-12/h12,15H,3-11H2,1-2H3,(H,16,19). The van der Waals surface area contributed by atoms with Crippen LogP contribution in [0.1, 0.15) is 46.0 Å². The first-order chi connectivity index (χ1) is 9.19. The van der Waals surface area contributed by atoms with Crippen LogP contribution in [0.4, 0.5) is 0 Å². The zero-order valence-corrected chi connectivity index (χ0v) is 12.2. The van der Waals surface area contributed by atoms with Crippen LogP contribution in [0.25, 0.3) is 0 Å². The summed E-state index contributed by atoms with van der Waals surface area (Å²) in [7, 11) is 0. The van der Waals surface area contributed by atoms with E-state index in [1.807, 2.05) is 18.7 Å². The van der Waals surface area contributed by atoms with Crippen molar-refractivity contribution in [3.05, 3.63) is 0 Å². The summed E-state index contributed by atoms with van der Waals surface area (Å²) >= 11 is 0. The Kier molecular flexibility index (Phi) is 7.48. The van der Waals surface area contributed by atoms with E-state index in [9.17, 15) is 9.59 Å². The highest BCUT2D eigenvalue weighted by atomic mass is 16.2. The maximum atomic E-state index is 11.8. The number of rotatable bonds is 7. The molecule has 2 amide bonds. The molecule has 2 N–H and O–H groups in total. The van der Waals surface area contributed by atoms with Crippen molar-refractivity contribution >= 4 is 11.8 Å². The number of nitrogens with zero attached hydrogens (tertiary/aromatic N) is 1. The Morgan fingerprint density at radius 1 is 1.26 bits per heavy atom. The first kappa shape index (κ1) is 16.0. The highest BCUT2D eigenvalue weighted by Crippen LogP contribution is 2.06. The molecule has 1 aliphatic heterocycles. The zero-order chi connectivity index (χ0) is 14.1. The van der Waals surface area contributed by atoms with Gasteiger partial charge in [0, 0.05) is 26.1 Å². The lowest BCUT2D eigenvalue weighted by Gasteiger charge is -2.22. The fourth-order valence-electron chi connectivity index (χ4n) is 2.38. The maximum absolute atomic E-state index is 11.8. The van der Waals surface area contributed by atoms with Crippen LogP contribution in [0.15, 0.2) is 0 Å². The Labute approximate surface area is 116 Å². The van der Waals surface area contributed by atoms with Gasteiger partial charge in [0.15, 0.2) is 0 Å². The van der Waals surface area contributed by atoms with Gasteiger partial charge in [-0.2, -0.15) is 0 Å². The second kappa shape index (κ2) is 8.91. The van der Waals surface area contributed by atoms with Crippen LogP contribution >= 0.6 is 0 Å². The van der Waals surface area contributed by atoms with Gasteiger partial charge in [0.25, 0.3) is 0 Å². The molecular formula is C14H27N3O2. The Morgan fingerprint density at radius 2 is 2.00 bits per heavy atom. The third-order valence-electron chi connectivity index (χ3n) is 3.61. The highest BCUT2D eigenvalue weighted by Gasteiger charge is 2.19. The average Bonchev–Trinajstić information content (AvgIpc) is 2.45. The molecule has 0 aromatic rings. The number of hydrogen-bond acceptors (Lipinski definition) is 3. The molecule has 1 atom stereocenters. The third-order valence-corrected chi connectivity index (χ3v) is 3.61. The molecule has 1 aliphatic rings. The van der Waals surface area contributed by atoms with E-state index in [0.29, 0.717) is 19.4 Å². The molecule has 0 bridgehead atoms. The van der Waals surface area contributed by atoms with Gasteiger partial charge in [0.1, 0.15) is 0 Å². The number of hydrogen-bond donors (Lipinski definition) is 2. The molecule has 1 heterocycles. The average molecular weight is 269 g/mol. The summed E-state index contributed by atoms with van der Waals surface area (Å²) < 4.78 is 0. The highest BCUT2D eigenvalue weighted by molar-refractivity contribution is 5.81. The third kappa shape index (κ3) is 5.59. The molecular weight excluding hydrogens is 242 g/mol. The van der Waals surface area contributed by atoms with E-state index < -0.39 is 0 Å². The van der Waals surface area contributed by atoms with Gasteiger partial charge in [0.05, 0.1) is 6.04 Å². The van der Waals surface area contributed by atoms with E-state index in [1.165, 1.54) is 0 Å². The molecule has 1 unspecified atom stereocenters. The summed E-state index contributed by atoms with van der Waals surface area (Å²) in [6.07, 6.45) is 4.42. The van der Waals surface area contributed by atoms with Gasteiger partial charge in [-0.05, 0) is 39.7 Å². The minimum absolute atomic E-state index is 0.0350. The first-order valence-electron chi connectivity index (χ1n) is 7.47. The van der Waals surface area contributed by atoms with Crippen LogP contribution in [0, 0.1) is 0 Å². The van der Waals surface area contributed by atoms with Crippen molar-refractivity contribution in [1.29, 1.82) is 0 Å². The van der Waals surface area contributed by atoms with Crippen molar-refractivity contribution < 1.29 is 9.59 Å². The molecule has 0 radical (unpaired) electrons. The molecule has 1 fully saturated rings. The number of carbonyl (C=O) groups excluding carboxylic acids is 2. The van der Waals surface area contributed by atoms with E-state index in [0.717, 1.165) is 38.9 Å². The molecule has 19 heavy (non-hydrogen) atoms. The maximum Gasteiger partial charge on any atom is 0.237 e. The Bertz CT molecular complexity index is 284. The molecule has 5 nitrogen and oxygen atoms in total. The molecule has 0 aliphatic carbocycles. The van der Waals surface area contributed by atoms with Gasteiger partial charge in [-0.3, -0.25) is 9.59 Å². The summed E-state index contributed by atoms with van der Waals surface area (Å²) in [4.78, 5) is 25.4. The number of amides is 2. The van der Waals surface area contributed by atoms with Crippen LogP contribution in [-0.2, 0) is 9.59 Å². The van der Waals surface area contributed by atoms with Gasteiger partial charge in [-0.1, -0.05) is 6.42 Å². The summed E-state index contributed by atoms with van der Waals surface area (Å²) in [5.41, 5.74) is 0. The van der Waals surface area contributed by atoms with Gasteiger partial charge in [-0.25, -0.2) is 0 Å². The lowest BCUT2D eigenvalue weighted by atomic mass is 10.0. The topological polar surface area (TPSA) is 61.4 Å². The summed E-state index contributed by atoms with van der Waals surface area (Å²) in [5, 5.41) is 6.13. The van der Waals surface area contributed by atoms with E-state index in [-0.39, 0.29) is 17.9 Å². The normalized spacial score (nSPS) is 18.9. The van der Waals surface area contributed by atoms with Crippen LogP contribution < -0.4 is 10.6 Å². The van der Waals surface area contributed by atoms with Crippen molar-refractivity contribution in [2.75, 3.05) is 26.2 Å². The molecule has 0 aromatic heterocycles. The lowest BCUT2D eigenvalue weighted by molar-refractivity contribution is -0.131. The summed E-state index contributed by atoms with van der Waals surface area (Å²) in [5.74, 6) is 0.255. The Balaban J connectivity index is 2.12. The van der Waals surface area contributed by atoms with Crippen LogP contribution in [0.3, 0.4) is 0 Å². The number of nitrogens with one attached hydrogen (secondary N) is 2. The van der Waals surface area contributed by atoms with Crippen molar-refractivity contribution in [3.63, 3.8) is 0 Å².